The van der Waals surface area contributed by atoms with Gasteiger partial charge in [-0.15, -0.1) is 0 Å². The van der Waals surface area contributed by atoms with E-state index in [1.165, 1.54) is 23.1 Å². The van der Waals surface area contributed by atoms with Crippen molar-refractivity contribution in [3.05, 3.63) is 39.4 Å². The fraction of sp³-hybridized carbons (Fsp3) is 0.500. The van der Waals surface area contributed by atoms with Gasteiger partial charge in [0.15, 0.2) is 0 Å². The van der Waals surface area contributed by atoms with Crippen molar-refractivity contribution >= 4 is 17.6 Å². The Kier molecular flexibility index (Phi) is 4.40. The molecular weight excluding hydrogens is 300 g/mol. The van der Waals surface area contributed by atoms with Gasteiger partial charge < -0.3 is 10.0 Å². The van der Waals surface area contributed by atoms with Crippen LogP contribution in [-0.4, -0.2) is 39.9 Å². The van der Waals surface area contributed by atoms with Crippen LogP contribution in [0.15, 0.2) is 18.2 Å². The summed E-state index contributed by atoms with van der Waals surface area (Å²) in [4.78, 5) is 36.1. The summed E-state index contributed by atoms with van der Waals surface area (Å²) in [5.41, 5.74) is -0.102. The highest BCUT2D eigenvalue weighted by atomic mass is 16.6. The third-order valence-corrected chi connectivity index (χ3v) is 4.77. The number of aryl methyl sites for hydroxylation is 1. The van der Waals surface area contributed by atoms with Gasteiger partial charge in [-0.2, -0.15) is 0 Å². The van der Waals surface area contributed by atoms with Gasteiger partial charge in [-0.1, -0.05) is 13.8 Å². The Morgan fingerprint density at radius 1 is 1.39 bits per heavy atom. The van der Waals surface area contributed by atoms with Crippen LogP contribution in [0.5, 0.6) is 0 Å². The number of hydrogen-bond donors (Lipinski definition) is 1. The van der Waals surface area contributed by atoms with Crippen molar-refractivity contribution in [1.82, 2.24) is 4.90 Å². The second-order valence-corrected chi connectivity index (χ2v) is 6.35. The van der Waals surface area contributed by atoms with E-state index in [-0.39, 0.29) is 24.1 Å². The first-order valence-electron chi connectivity index (χ1n) is 7.47. The van der Waals surface area contributed by atoms with Crippen LogP contribution in [0, 0.1) is 28.4 Å². The van der Waals surface area contributed by atoms with Crippen molar-refractivity contribution in [2.75, 3.05) is 13.1 Å². The fourth-order valence-electron chi connectivity index (χ4n) is 3.07. The number of nitro groups is 1. The van der Waals surface area contributed by atoms with Gasteiger partial charge in [-0.3, -0.25) is 19.7 Å². The molecule has 7 nitrogen and oxygen atoms in total. The second-order valence-electron chi connectivity index (χ2n) is 6.35. The molecule has 0 aromatic heterocycles. The number of hydrogen-bond acceptors (Lipinski definition) is 4. The van der Waals surface area contributed by atoms with E-state index in [1.807, 2.05) is 13.8 Å². The molecule has 1 N–H and O–H groups in total. The molecule has 1 fully saturated rings. The minimum Gasteiger partial charge on any atom is -0.481 e. The van der Waals surface area contributed by atoms with E-state index in [2.05, 4.69) is 0 Å². The third kappa shape index (κ3) is 2.91. The quantitative estimate of drug-likeness (QED) is 0.678. The van der Waals surface area contributed by atoms with E-state index in [9.17, 15) is 24.8 Å². The van der Waals surface area contributed by atoms with E-state index in [4.69, 9.17) is 0 Å². The van der Waals surface area contributed by atoms with E-state index in [0.29, 0.717) is 24.1 Å². The molecule has 2 rings (SSSR count). The molecule has 0 radical (unpaired) electrons. The molecule has 1 saturated heterocycles. The molecular formula is C16H20N2O5. The summed E-state index contributed by atoms with van der Waals surface area (Å²) >= 11 is 0. The standard InChI is InChI=1S/C16H20N2O5/c1-10(2)16(15(20)21)6-7-17(9-16)14(19)13-5-4-12(18(22)23)8-11(13)3/h4-5,8,10H,6-7,9H2,1-3H3,(H,20,21). The van der Waals surface area contributed by atoms with Crippen LogP contribution >= 0.6 is 0 Å². The van der Waals surface area contributed by atoms with Crippen LogP contribution in [0.1, 0.15) is 36.2 Å². The first-order valence-corrected chi connectivity index (χ1v) is 7.47. The number of nitro benzene ring substituents is 1. The number of non-ortho nitro benzene ring substituents is 1. The number of carbonyl (C=O) groups excluding carboxylic acids is 1. The van der Waals surface area contributed by atoms with Gasteiger partial charge in [-0.05, 0) is 30.9 Å². The summed E-state index contributed by atoms with van der Waals surface area (Å²) in [7, 11) is 0. The van der Waals surface area contributed by atoms with Crippen molar-refractivity contribution < 1.29 is 19.6 Å². The Bertz CT molecular complexity index is 670. The molecule has 124 valence electrons. The number of nitrogens with zero attached hydrogens (tertiary/aromatic N) is 2. The molecule has 0 spiro atoms. The van der Waals surface area contributed by atoms with Gasteiger partial charge in [-0.25, -0.2) is 0 Å². The Morgan fingerprint density at radius 2 is 2.04 bits per heavy atom. The largest absolute Gasteiger partial charge is 0.481 e. The Hall–Kier alpha value is -2.44. The van der Waals surface area contributed by atoms with Crippen LogP contribution in [0.3, 0.4) is 0 Å². The minimum atomic E-state index is -0.926. The first-order chi connectivity index (χ1) is 10.7. The summed E-state index contributed by atoms with van der Waals surface area (Å²) in [6.07, 6.45) is 0.414. The fourth-order valence-corrected chi connectivity index (χ4v) is 3.07. The molecule has 1 aliphatic rings. The number of carboxylic acid groups (broad SMARTS) is 1. The van der Waals surface area contributed by atoms with Gasteiger partial charge in [0, 0.05) is 30.8 Å². The smallest absolute Gasteiger partial charge is 0.311 e. The summed E-state index contributed by atoms with van der Waals surface area (Å²) in [5, 5.41) is 20.3. The lowest BCUT2D eigenvalue weighted by Gasteiger charge is -2.28. The summed E-state index contributed by atoms with van der Waals surface area (Å²) in [6, 6.07) is 4.09. The summed E-state index contributed by atoms with van der Waals surface area (Å²) in [5.74, 6) is -1.25. The molecule has 7 heteroatoms. The molecule has 1 amide bonds. The summed E-state index contributed by atoms with van der Waals surface area (Å²) in [6.45, 7) is 5.87. The number of rotatable bonds is 4. The van der Waals surface area contributed by atoms with Crippen LogP contribution in [-0.2, 0) is 4.79 Å². The van der Waals surface area contributed by atoms with E-state index < -0.39 is 16.3 Å². The van der Waals surface area contributed by atoms with Crippen molar-refractivity contribution in [3.8, 4) is 0 Å². The van der Waals surface area contributed by atoms with Crippen molar-refractivity contribution in [2.45, 2.75) is 27.2 Å². The molecule has 0 bridgehead atoms. The lowest BCUT2D eigenvalue weighted by atomic mass is 9.76. The number of likely N-dealkylation sites (tertiary alicyclic amines) is 1. The molecule has 1 heterocycles. The molecule has 1 aromatic carbocycles. The summed E-state index contributed by atoms with van der Waals surface area (Å²) < 4.78 is 0. The monoisotopic (exact) mass is 320 g/mol. The van der Waals surface area contributed by atoms with Gasteiger partial charge in [0.05, 0.1) is 10.3 Å². The minimum absolute atomic E-state index is 0.0671. The van der Waals surface area contributed by atoms with E-state index in [1.54, 1.807) is 6.92 Å². The predicted octanol–water partition coefficient (Wildman–Crippen LogP) is 2.48. The highest BCUT2D eigenvalue weighted by Gasteiger charge is 2.48. The molecule has 0 aliphatic carbocycles. The maximum Gasteiger partial charge on any atom is 0.311 e. The Balaban J connectivity index is 2.26. The zero-order valence-corrected chi connectivity index (χ0v) is 13.4. The zero-order chi connectivity index (χ0) is 17.4. The maximum atomic E-state index is 12.6. The van der Waals surface area contributed by atoms with Crippen LogP contribution in [0.2, 0.25) is 0 Å². The lowest BCUT2D eigenvalue weighted by Crippen LogP contribution is -2.40. The maximum absolute atomic E-state index is 12.6. The zero-order valence-electron chi connectivity index (χ0n) is 13.4. The van der Waals surface area contributed by atoms with Gasteiger partial charge in [0.2, 0.25) is 0 Å². The number of carboxylic acids is 1. The van der Waals surface area contributed by atoms with Crippen molar-refractivity contribution in [2.24, 2.45) is 11.3 Å². The molecule has 1 unspecified atom stereocenters. The SMILES string of the molecule is Cc1cc([N+](=O)[O-])ccc1C(=O)N1CCC(C(=O)O)(C(C)C)C1. The number of aliphatic carboxylic acids is 1. The average molecular weight is 320 g/mol. The van der Waals surface area contributed by atoms with Crippen molar-refractivity contribution in [3.63, 3.8) is 0 Å². The van der Waals surface area contributed by atoms with E-state index in [0.717, 1.165) is 0 Å². The predicted molar refractivity (Wildman–Crippen MR) is 83.3 cm³/mol. The van der Waals surface area contributed by atoms with Gasteiger partial charge >= 0.3 is 5.97 Å². The van der Waals surface area contributed by atoms with Crippen LogP contribution in [0.25, 0.3) is 0 Å². The second kappa shape index (κ2) is 5.98. The van der Waals surface area contributed by atoms with Crippen LogP contribution < -0.4 is 0 Å². The molecule has 1 atom stereocenters. The number of amides is 1. The van der Waals surface area contributed by atoms with Crippen molar-refractivity contribution in [1.29, 1.82) is 0 Å². The number of carbonyl (C=O) groups is 2. The number of benzene rings is 1. The first kappa shape index (κ1) is 16.9. The normalized spacial score (nSPS) is 20.8. The van der Waals surface area contributed by atoms with E-state index >= 15 is 0 Å². The Morgan fingerprint density at radius 3 is 2.48 bits per heavy atom. The molecule has 1 aliphatic heterocycles. The average Bonchev–Trinajstić information content (AvgIpc) is 2.93. The third-order valence-electron chi connectivity index (χ3n) is 4.77. The lowest BCUT2D eigenvalue weighted by molar-refractivity contribution is -0.384. The topological polar surface area (TPSA) is 101 Å². The Labute approximate surface area is 134 Å². The van der Waals surface area contributed by atoms with Gasteiger partial charge in [0.1, 0.15) is 0 Å². The highest BCUT2D eigenvalue weighted by molar-refractivity contribution is 5.96. The molecule has 1 aromatic rings. The molecule has 23 heavy (non-hydrogen) atoms. The van der Waals surface area contributed by atoms with Crippen LogP contribution in [0.4, 0.5) is 5.69 Å². The van der Waals surface area contributed by atoms with Gasteiger partial charge in [0.25, 0.3) is 11.6 Å². The molecule has 0 saturated carbocycles. The highest BCUT2D eigenvalue weighted by Crippen LogP contribution is 2.38.